The van der Waals surface area contributed by atoms with Crippen LogP contribution in [0.1, 0.15) is 22.8 Å². The van der Waals surface area contributed by atoms with E-state index in [1.165, 1.54) is 0 Å². The Morgan fingerprint density at radius 1 is 1.45 bits per heavy atom. The van der Waals surface area contributed by atoms with E-state index in [2.05, 4.69) is 5.32 Å². The van der Waals surface area contributed by atoms with Gasteiger partial charge >= 0.3 is 0 Å². The number of hydrogen-bond donors (Lipinski definition) is 1. The molecule has 20 heavy (non-hydrogen) atoms. The van der Waals surface area contributed by atoms with E-state index in [1.807, 2.05) is 19.1 Å². The van der Waals surface area contributed by atoms with Crippen LogP contribution in [0.3, 0.4) is 0 Å². The van der Waals surface area contributed by atoms with Crippen molar-refractivity contribution >= 4 is 5.91 Å². The average Bonchev–Trinajstić information content (AvgIpc) is 3.08. The van der Waals surface area contributed by atoms with Crippen LogP contribution in [-0.2, 0) is 15.9 Å². The number of carbonyl (C=O) groups is 1. The molecule has 2 heterocycles. The molecular weight excluding hydrogens is 258 g/mol. The van der Waals surface area contributed by atoms with Gasteiger partial charge in [-0.2, -0.15) is 0 Å². The second kappa shape index (κ2) is 5.81. The molecule has 0 aliphatic carbocycles. The lowest BCUT2D eigenvalue weighted by molar-refractivity contribution is 0.0402. The number of para-hydroxylation sites is 1. The minimum atomic E-state index is -0.121. The SMILES string of the molecule is CCO[C@@H]1COC[C@H]1NC(=O)c1cccc2c1OCC2. The van der Waals surface area contributed by atoms with Crippen molar-refractivity contribution in [3.8, 4) is 5.75 Å². The molecule has 0 saturated carbocycles. The van der Waals surface area contributed by atoms with Gasteiger partial charge in [0.1, 0.15) is 11.9 Å². The highest BCUT2D eigenvalue weighted by molar-refractivity contribution is 5.97. The molecule has 0 unspecified atom stereocenters. The number of hydrogen-bond acceptors (Lipinski definition) is 4. The monoisotopic (exact) mass is 277 g/mol. The Morgan fingerprint density at radius 3 is 3.20 bits per heavy atom. The van der Waals surface area contributed by atoms with Gasteiger partial charge in [0.2, 0.25) is 0 Å². The lowest BCUT2D eigenvalue weighted by Crippen LogP contribution is -2.43. The van der Waals surface area contributed by atoms with E-state index in [-0.39, 0.29) is 18.1 Å². The molecule has 2 aliphatic heterocycles. The zero-order chi connectivity index (χ0) is 13.9. The standard InChI is InChI=1S/C15H19NO4/c1-2-19-13-9-18-8-12(13)16-15(17)11-5-3-4-10-6-7-20-14(10)11/h3-5,12-13H,2,6-9H2,1H3,(H,16,17)/t12-,13-/m1/s1. The molecule has 1 amide bonds. The van der Waals surface area contributed by atoms with Gasteiger partial charge in [-0.25, -0.2) is 0 Å². The fourth-order valence-corrected chi connectivity index (χ4v) is 2.69. The van der Waals surface area contributed by atoms with Gasteiger partial charge in [0.05, 0.1) is 31.4 Å². The highest BCUT2D eigenvalue weighted by Gasteiger charge is 2.31. The fraction of sp³-hybridized carbons (Fsp3) is 0.533. The number of nitrogens with one attached hydrogen (secondary N) is 1. The molecular formula is C15H19NO4. The van der Waals surface area contributed by atoms with E-state index < -0.39 is 0 Å². The van der Waals surface area contributed by atoms with Crippen LogP contribution in [0.5, 0.6) is 5.75 Å². The van der Waals surface area contributed by atoms with Crippen LogP contribution in [0.15, 0.2) is 18.2 Å². The third-order valence-electron chi connectivity index (χ3n) is 3.68. The number of benzene rings is 1. The van der Waals surface area contributed by atoms with Crippen molar-refractivity contribution in [3.05, 3.63) is 29.3 Å². The maximum atomic E-state index is 12.4. The van der Waals surface area contributed by atoms with Crippen LogP contribution in [-0.4, -0.2) is 44.5 Å². The third kappa shape index (κ3) is 2.51. The molecule has 2 aliphatic rings. The number of fused-ring (bicyclic) bond motifs is 1. The summed E-state index contributed by atoms with van der Waals surface area (Å²) in [7, 11) is 0. The van der Waals surface area contributed by atoms with Crippen molar-refractivity contribution in [1.82, 2.24) is 5.32 Å². The maximum absolute atomic E-state index is 12.4. The zero-order valence-electron chi connectivity index (χ0n) is 11.6. The van der Waals surface area contributed by atoms with Gasteiger partial charge in [-0.05, 0) is 18.6 Å². The second-order valence-corrected chi connectivity index (χ2v) is 5.00. The average molecular weight is 277 g/mol. The highest BCUT2D eigenvalue weighted by atomic mass is 16.5. The minimum Gasteiger partial charge on any atom is -0.492 e. The van der Waals surface area contributed by atoms with Gasteiger partial charge < -0.3 is 19.5 Å². The third-order valence-corrected chi connectivity index (χ3v) is 3.68. The summed E-state index contributed by atoms with van der Waals surface area (Å²) in [6.45, 7) is 4.22. The van der Waals surface area contributed by atoms with Gasteiger partial charge in [-0.15, -0.1) is 0 Å². The lowest BCUT2D eigenvalue weighted by Gasteiger charge is -2.19. The molecule has 1 aromatic carbocycles. The predicted molar refractivity (Wildman–Crippen MR) is 73.1 cm³/mol. The summed E-state index contributed by atoms with van der Waals surface area (Å²) in [5, 5.41) is 2.99. The summed E-state index contributed by atoms with van der Waals surface area (Å²) < 4.78 is 16.5. The van der Waals surface area contributed by atoms with E-state index in [4.69, 9.17) is 14.2 Å². The summed E-state index contributed by atoms with van der Waals surface area (Å²) in [6, 6.07) is 5.60. The van der Waals surface area contributed by atoms with Crippen molar-refractivity contribution in [3.63, 3.8) is 0 Å². The molecule has 0 bridgehead atoms. The highest BCUT2D eigenvalue weighted by Crippen LogP contribution is 2.29. The van der Waals surface area contributed by atoms with Crippen molar-refractivity contribution in [1.29, 1.82) is 0 Å². The van der Waals surface area contributed by atoms with Crippen molar-refractivity contribution < 1.29 is 19.0 Å². The summed E-state index contributed by atoms with van der Waals surface area (Å²) in [5.74, 6) is 0.598. The number of amides is 1. The van der Waals surface area contributed by atoms with Gasteiger partial charge in [0.25, 0.3) is 5.91 Å². The van der Waals surface area contributed by atoms with Crippen molar-refractivity contribution in [2.45, 2.75) is 25.5 Å². The van der Waals surface area contributed by atoms with Crippen LogP contribution in [0, 0.1) is 0 Å². The van der Waals surface area contributed by atoms with Crippen LogP contribution in [0.25, 0.3) is 0 Å². The predicted octanol–water partition coefficient (Wildman–Crippen LogP) is 1.16. The van der Waals surface area contributed by atoms with Crippen LogP contribution in [0.2, 0.25) is 0 Å². The normalized spacial score (nSPS) is 24.2. The van der Waals surface area contributed by atoms with Crippen LogP contribution < -0.4 is 10.1 Å². The molecule has 1 saturated heterocycles. The van der Waals surface area contributed by atoms with Gasteiger partial charge in [0.15, 0.2) is 0 Å². The van der Waals surface area contributed by atoms with Gasteiger partial charge in [-0.3, -0.25) is 4.79 Å². The summed E-state index contributed by atoms with van der Waals surface area (Å²) in [5.41, 5.74) is 1.70. The summed E-state index contributed by atoms with van der Waals surface area (Å²) in [4.78, 5) is 12.4. The molecule has 1 fully saturated rings. The Morgan fingerprint density at radius 2 is 2.35 bits per heavy atom. The van der Waals surface area contributed by atoms with Gasteiger partial charge in [0, 0.05) is 13.0 Å². The Bertz CT molecular complexity index is 503. The molecule has 2 atom stereocenters. The largest absolute Gasteiger partial charge is 0.492 e. The Hall–Kier alpha value is -1.59. The quantitative estimate of drug-likeness (QED) is 0.897. The molecule has 0 aromatic heterocycles. The molecule has 108 valence electrons. The smallest absolute Gasteiger partial charge is 0.255 e. The molecule has 5 nitrogen and oxygen atoms in total. The molecule has 0 spiro atoms. The Kier molecular flexibility index (Phi) is 3.89. The lowest BCUT2D eigenvalue weighted by atomic mass is 10.1. The minimum absolute atomic E-state index is 0.0679. The first kappa shape index (κ1) is 13.4. The first-order valence-electron chi connectivity index (χ1n) is 7.04. The number of ether oxygens (including phenoxy) is 3. The zero-order valence-corrected chi connectivity index (χ0v) is 11.6. The van der Waals surface area contributed by atoms with Crippen molar-refractivity contribution in [2.24, 2.45) is 0 Å². The second-order valence-electron chi connectivity index (χ2n) is 5.00. The Labute approximate surface area is 118 Å². The topological polar surface area (TPSA) is 56.8 Å². The maximum Gasteiger partial charge on any atom is 0.255 e. The van der Waals surface area contributed by atoms with E-state index in [0.29, 0.717) is 32.0 Å². The molecule has 3 rings (SSSR count). The summed E-state index contributed by atoms with van der Waals surface area (Å²) >= 11 is 0. The first-order valence-corrected chi connectivity index (χ1v) is 7.04. The van der Waals surface area contributed by atoms with E-state index >= 15 is 0 Å². The molecule has 1 aromatic rings. The van der Waals surface area contributed by atoms with E-state index in [0.717, 1.165) is 17.7 Å². The molecule has 0 radical (unpaired) electrons. The van der Waals surface area contributed by atoms with Gasteiger partial charge in [-0.1, -0.05) is 12.1 Å². The van der Waals surface area contributed by atoms with Crippen LogP contribution >= 0.6 is 0 Å². The van der Waals surface area contributed by atoms with Crippen molar-refractivity contribution in [2.75, 3.05) is 26.4 Å². The number of rotatable bonds is 4. The first-order chi connectivity index (χ1) is 9.79. The molecule has 1 N–H and O–H groups in total. The van der Waals surface area contributed by atoms with Crippen LogP contribution in [0.4, 0.5) is 0 Å². The number of carbonyl (C=O) groups excluding carboxylic acids is 1. The fourth-order valence-electron chi connectivity index (χ4n) is 2.69. The summed E-state index contributed by atoms with van der Waals surface area (Å²) in [6.07, 6.45) is 0.798. The van der Waals surface area contributed by atoms with E-state index in [9.17, 15) is 4.79 Å². The Balaban J connectivity index is 1.72. The molecule has 5 heteroatoms. The van der Waals surface area contributed by atoms with E-state index in [1.54, 1.807) is 6.07 Å².